The highest BCUT2D eigenvalue weighted by molar-refractivity contribution is 6.20. The average Bonchev–Trinajstić information content (AvgIpc) is 2.64. The number of carbonyl (C=O) groups excluding carboxylic acids is 1. The molecule has 1 saturated carbocycles. The topological polar surface area (TPSA) is 41.1 Å². The van der Waals surface area contributed by atoms with Crippen molar-refractivity contribution >= 4 is 23.2 Å². The number of benzene rings is 2. The number of piperidine rings is 1. The van der Waals surface area contributed by atoms with Crippen molar-refractivity contribution in [2.45, 2.75) is 42.6 Å². The molecule has 25 heavy (non-hydrogen) atoms. The maximum absolute atomic E-state index is 12.9. The first-order valence-corrected chi connectivity index (χ1v) is 9.47. The second-order valence-electron chi connectivity index (χ2n) is 7.11. The summed E-state index contributed by atoms with van der Waals surface area (Å²) < 4.78 is 0. The number of rotatable bonds is 3. The molecule has 5 atom stereocenters. The summed E-state index contributed by atoms with van der Waals surface area (Å²) in [5, 5.41) is 6.92. The first-order chi connectivity index (χ1) is 12.2. The normalized spacial score (nSPS) is 31.7. The van der Waals surface area contributed by atoms with E-state index in [0.29, 0.717) is 5.92 Å². The molecule has 2 N–H and O–H groups in total. The number of alkyl halides is 1. The summed E-state index contributed by atoms with van der Waals surface area (Å²) in [6.45, 7) is 0. The summed E-state index contributed by atoms with van der Waals surface area (Å²) in [5.41, 5.74) is 2.19. The van der Waals surface area contributed by atoms with Gasteiger partial charge in [-0.1, -0.05) is 48.5 Å². The molecule has 1 amide bonds. The summed E-state index contributed by atoms with van der Waals surface area (Å²) >= 11 is 6.50. The lowest BCUT2D eigenvalue weighted by Crippen LogP contribution is -2.60. The lowest BCUT2D eigenvalue weighted by Gasteiger charge is -2.47. The predicted octanol–water partition coefficient (Wildman–Crippen LogP) is 4.16. The van der Waals surface area contributed by atoms with Crippen LogP contribution in [0.2, 0.25) is 0 Å². The highest BCUT2D eigenvalue weighted by Gasteiger charge is 2.46. The third-order valence-corrected chi connectivity index (χ3v) is 5.94. The molecule has 2 aromatic rings. The van der Waals surface area contributed by atoms with Gasteiger partial charge in [0, 0.05) is 23.0 Å². The summed E-state index contributed by atoms with van der Waals surface area (Å²) in [6, 6.07) is 20.3. The first-order valence-electron chi connectivity index (χ1n) is 9.03. The van der Waals surface area contributed by atoms with Gasteiger partial charge in [-0.25, -0.2) is 0 Å². The minimum Gasteiger partial charge on any atom is -0.373 e. The zero-order chi connectivity index (χ0) is 17.2. The average molecular weight is 355 g/mol. The number of hydrogen-bond donors (Lipinski definition) is 2. The van der Waals surface area contributed by atoms with E-state index in [4.69, 9.17) is 11.6 Å². The molecule has 0 bridgehead atoms. The minimum atomic E-state index is -0.284. The Labute approximate surface area is 153 Å². The van der Waals surface area contributed by atoms with E-state index in [1.54, 1.807) is 0 Å². The van der Waals surface area contributed by atoms with Crippen molar-refractivity contribution in [2.75, 3.05) is 5.32 Å². The molecule has 1 heterocycles. The van der Waals surface area contributed by atoms with E-state index in [0.717, 1.165) is 24.9 Å². The van der Waals surface area contributed by atoms with Gasteiger partial charge in [0.2, 0.25) is 5.91 Å². The maximum Gasteiger partial charge on any atom is 0.243 e. The molecular formula is C21H23ClN2O. The van der Waals surface area contributed by atoms with E-state index in [9.17, 15) is 4.79 Å². The number of anilines is 1. The molecule has 4 rings (SSSR count). The molecular weight excluding hydrogens is 332 g/mol. The van der Waals surface area contributed by atoms with E-state index in [1.165, 1.54) is 5.56 Å². The largest absolute Gasteiger partial charge is 0.373 e. The van der Waals surface area contributed by atoms with Gasteiger partial charge in [-0.05, 0) is 42.9 Å². The number of para-hydroxylation sites is 1. The van der Waals surface area contributed by atoms with Crippen LogP contribution in [0.3, 0.4) is 0 Å². The molecule has 4 heteroatoms. The van der Waals surface area contributed by atoms with Gasteiger partial charge in [-0.3, -0.25) is 4.79 Å². The lowest BCUT2D eigenvalue weighted by atomic mass is 9.68. The Morgan fingerprint density at radius 3 is 2.36 bits per heavy atom. The lowest BCUT2D eigenvalue weighted by molar-refractivity contribution is -0.126. The van der Waals surface area contributed by atoms with Crippen LogP contribution in [0.5, 0.6) is 0 Å². The van der Waals surface area contributed by atoms with Crippen molar-refractivity contribution in [1.29, 1.82) is 0 Å². The van der Waals surface area contributed by atoms with Crippen LogP contribution in [0.4, 0.5) is 5.69 Å². The molecule has 1 saturated heterocycles. The van der Waals surface area contributed by atoms with Gasteiger partial charge in [0.15, 0.2) is 0 Å². The van der Waals surface area contributed by atoms with E-state index in [2.05, 4.69) is 34.9 Å². The van der Waals surface area contributed by atoms with E-state index >= 15 is 0 Å². The van der Waals surface area contributed by atoms with Crippen LogP contribution in [-0.4, -0.2) is 23.4 Å². The first kappa shape index (κ1) is 16.5. The van der Waals surface area contributed by atoms with Gasteiger partial charge in [0.05, 0.1) is 0 Å². The van der Waals surface area contributed by atoms with Gasteiger partial charge in [0.25, 0.3) is 0 Å². The Morgan fingerprint density at radius 1 is 0.960 bits per heavy atom. The fourth-order valence-electron chi connectivity index (χ4n) is 4.39. The molecule has 130 valence electrons. The van der Waals surface area contributed by atoms with Crippen LogP contribution in [0.15, 0.2) is 60.7 Å². The van der Waals surface area contributed by atoms with E-state index < -0.39 is 0 Å². The number of amides is 1. The quantitative estimate of drug-likeness (QED) is 0.813. The van der Waals surface area contributed by atoms with Crippen LogP contribution in [0.1, 0.15) is 30.7 Å². The Bertz CT molecular complexity index is 721. The smallest absolute Gasteiger partial charge is 0.243 e. The highest BCUT2D eigenvalue weighted by atomic mass is 35.5. The molecule has 5 unspecified atom stereocenters. The molecule has 1 aliphatic heterocycles. The number of carbonyl (C=O) groups is 1. The number of halogens is 1. The van der Waals surface area contributed by atoms with Gasteiger partial charge in [-0.15, -0.1) is 11.6 Å². The third kappa shape index (κ3) is 3.38. The monoisotopic (exact) mass is 354 g/mol. The predicted molar refractivity (Wildman–Crippen MR) is 102 cm³/mol. The standard InChI is InChI=1S/C21H23ClN2O/c22-15-11-12-18-17(13-15)19(14-7-3-1-4-8-14)20(21(25)24-18)23-16-9-5-2-6-10-16/h1-10,15,17-20,23H,11-13H2,(H,24,25). The molecule has 2 fully saturated rings. The summed E-state index contributed by atoms with van der Waals surface area (Å²) in [6.07, 6.45) is 2.88. The van der Waals surface area contributed by atoms with Crippen LogP contribution < -0.4 is 10.6 Å². The van der Waals surface area contributed by atoms with Crippen molar-refractivity contribution in [3.8, 4) is 0 Å². The van der Waals surface area contributed by atoms with Gasteiger partial charge in [-0.2, -0.15) is 0 Å². The summed E-state index contributed by atoms with van der Waals surface area (Å²) in [5.74, 6) is 0.575. The molecule has 3 nitrogen and oxygen atoms in total. The van der Waals surface area contributed by atoms with Crippen molar-refractivity contribution in [1.82, 2.24) is 5.32 Å². The highest BCUT2D eigenvalue weighted by Crippen LogP contribution is 2.43. The Morgan fingerprint density at radius 2 is 1.64 bits per heavy atom. The zero-order valence-corrected chi connectivity index (χ0v) is 14.8. The maximum atomic E-state index is 12.9. The van der Waals surface area contributed by atoms with Gasteiger partial charge >= 0.3 is 0 Å². The molecule has 2 aromatic carbocycles. The zero-order valence-electron chi connectivity index (χ0n) is 14.1. The Hall–Kier alpha value is -2.00. The fourth-order valence-corrected chi connectivity index (χ4v) is 4.73. The molecule has 0 spiro atoms. The Balaban J connectivity index is 1.70. The Kier molecular flexibility index (Phi) is 4.67. The number of fused-ring (bicyclic) bond motifs is 1. The fraction of sp³-hybridized carbons (Fsp3) is 0.381. The van der Waals surface area contributed by atoms with E-state index in [1.807, 2.05) is 36.4 Å². The van der Waals surface area contributed by atoms with Gasteiger partial charge in [0.1, 0.15) is 6.04 Å². The molecule has 1 aliphatic carbocycles. The SMILES string of the molecule is O=C1NC2CCC(Cl)CC2C(c2ccccc2)C1Nc1ccccc1. The van der Waals surface area contributed by atoms with Crippen LogP contribution in [0, 0.1) is 5.92 Å². The van der Waals surface area contributed by atoms with Crippen molar-refractivity contribution in [3.05, 3.63) is 66.2 Å². The van der Waals surface area contributed by atoms with Crippen molar-refractivity contribution in [2.24, 2.45) is 5.92 Å². The van der Waals surface area contributed by atoms with Crippen molar-refractivity contribution in [3.63, 3.8) is 0 Å². The van der Waals surface area contributed by atoms with E-state index in [-0.39, 0.29) is 29.3 Å². The summed E-state index contributed by atoms with van der Waals surface area (Å²) in [7, 11) is 0. The molecule has 0 aromatic heterocycles. The summed E-state index contributed by atoms with van der Waals surface area (Å²) in [4.78, 5) is 12.9. The van der Waals surface area contributed by atoms with Crippen LogP contribution in [0.25, 0.3) is 0 Å². The third-order valence-electron chi connectivity index (χ3n) is 5.55. The van der Waals surface area contributed by atoms with Crippen molar-refractivity contribution < 1.29 is 4.79 Å². The molecule has 0 radical (unpaired) electrons. The van der Waals surface area contributed by atoms with Crippen LogP contribution in [-0.2, 0) is 4.79 Å². The number of hydrogen-bond acceptors (Lipinski definition) is 2. The molecule has 2 aliphatic rings. The number of nitrogens with one attached hydrogen (secondary N) is 2. The van der Waals surface area contributed by atoms with Gasteiger partial charge < -0.3 is 10.6 Å². The minimum absolute atomic E-state index is 0.0898. The second kappa shape index (κ2) is 7.09. The second-order valence-corrected chi connectivity index (χ2v) is 7.73. The van der Waals surface area contributed by atoms with Crippen LogP contribution >= 0.6 is 11.6 Å².